The molecule has 0 fully saturated rings. The molecular weight excluding hydrogens is 431 g/mol. The average molecular weight is 451 g/mol. The first kappa shape index (κ1) is 22.9. The summed E-state index contributed by atoms with van der Waals surface area (Å²) in [5.41, 5.74) is -1.49. The third kappa shape index (κ3) is 4.92. The van der Waals surface area contributed by atoms with E-state index in [-0.39, 0.29) is 21.8 Å². The van der Waals surface area contributed by atoms with Crippen LogP contribution in [0.3, 0.4) is 0 Å². The number of carbonyl (C=O) groups is 3. The second kappa shape index (κ2) is 8.37. The van der Waals surface area contributed by atoms with E-state index in [4.69, 9.17) is 4.74 Å². The van der Waals surface area contributed by atoms with Gasteiger partial charge in [0.25, 0.3) is 11.8 Å². The minimum absolute atomic E-state index is 0.111. The van der Waals surface area contributed by atoms with Crippen molar-refractivity contribution in [2.24, 2.45) is 0 Å². The summed E-state index contributed by atoms with van der Waals surface area (Å²) in [5.74, 6) is -2.51. The number of alkyl halides is 3. The van der Waals surface area contributed by atoms with E-state index in [9.17, 15) is 27.6 Å². The lowest BCUT2D eigenvalue weighted by molar-refractivity contribution is -0.158. The first-order chi connectivity index (χ1) is 14.4. The topological polar surface area (TPSA) is 63.7 Å². The zero-order valence-electron chi connectivity index (χ0n) is 17.0. The number of benzene rings is 2. The molecule has 3 rings (SSSR count). The molecule has 0 radical (unpaired) electrons. The van der Waals surface area contributed by atoms with Crippen molar-refractivity contribution in [1.29, 1.82) is 0 Å². The fourth-order valence-corrected chi connectivity index (χ4v) is 4.24. The largest absolute Gasteiger partial charge is 0.458 e. The zero-order valence-corrected chi connectivity index (χ0v) is 17.8. The van der Waals surface area contributed by atoms with Crippen LogP contribution in [0.2, 0.25) is 0 Å². The van der Waals surface area contributed by atoms with Crippen molar-refractivity contribution in [2.45, 2.75) is 43.5 Å². The molecule has 9 heteroatoms. The van der Waals surface area contributed by atoms with Gasteiger partial charge in [-0.15, -0.1) is 11.8 Å². The van der Waals surface area contributed by atoms with Crippen LogP contribution < -0.4 is 0 Å². The van der Waals surface area contributed by atoms with Gasteiger partial charge in [0, 0.05) is 10.6 Å². The van der Waals surface area contributed by atoms with Gasteiger partial charge in [-0.1, -0.05) is 24.3 Å². The summed E-state index contributed by atoms with van der Waals surface area (Å²) in [6.07, 6.45) is -4.58. The second-order valence-electron chi connectivity index (χ2n) is 7.88. The molecule has 0 aliphatic carbocycles. The number of fused-ring (bicyclic) bond motifs is 1. The van der Waals surface area contributed by atoms with Crippen LogP contribution >= 0.6 is 11.8 Å². The molecule has 1 heterocycles. The van der Waals surface area contributed by atoms with Crippen molar-refractivity contribution in [3.63, 3.8) is 0 Å². The first-order valence-electron chi connectivity index (χ1n) is 9.39. The molecule has 0 spiro atoms. The van der Waals surface area contributed by atoms with Crippen LogP contribution in [0.15, 0.2) is 53.4 Å². The summed E-state index contributed by atoms with van der Waals surface area (Å²) in [6, 6.07) is 9.65. The summed E-state index contributed by atoms with van der Waals surface area (Å²) < 4.78 is 45.4. The zero-order chi connectivity index (χ0) is 23.0. The van der Waals surface area contributed by atoms with Crippen molar-refractivity contribution in [3.05, 3.63) is 65.2 Å². The number of hydrogen-bond donors (Lipinski definition) is 0. The molecule has 1 aliphatic heterocycles. The maximum Gasteiger partial charge on any atom is 0.417 e. The van der Waals surface area contributed by atoms with E-state index < -0.39 is 41.2 Å². The number of halogens is 3. The lowest BCUT2D eigenvalue weighted by Crippen LogP contribution is -2.48. The van der Waals surface area contributed by atoms with Crippen LogP contribution in [-0.4, -0.2) is 40.1 Å². The Balaban J connectivity index is 1.94. The standard InChI is InChI=1S/C22H20F3NO4S/c1-21(2,3)30-20(29)16(12-31-17-11-7-6-10-15(17)22(23,24)25)26-18(27)13-8-4-5-9-14(13)19(26)28/h4-11,16H,12H2,1-3H3/t16-/m1/s1. The van der Waals surface area contributed by atoms with Crippen LogP contribution in [0.5, 0.6) is 0 Å². The average Bonchev–Trinajstić information content (AvgIpc) is 2.92. The van der Waals surface area contributed by atoms with Gasteiger partial charge in [0.2, 0.25) is 0 Å². The van der Waals surface area contributed by atoms with Gasteiger partial charge in [0.1, 0.15) is 11.6 Å². The van der Waals surface area contributed by atoms with Gasteiger partial charge in [0.15, 0.2) is 0 Å². The normalized spacial score (nSPS) is 15.1. The molecule has 0 saturated carbocycles. The highest BCUT2D eigenvalue weighted by molar-refractivity contribution is 7.99. The maximum atomic E-state index is 13.3. The van der Waals surface area contributed by atoms with E-state index in [1.807, 2.05) is 0 Å². The van der Waals surface area contributed by atoms with Gasteiger partial charge in [-0.2, -0.15) is 13.2 Å². The molecular formula is C22H20F3NO4S. The Morgan fingerprint density at radius 1 is 0.968 bits per heavy atom. The van der Waals surface area contributed by atoms with Gasteiger partial charge < -0.3 is 4.74 Å². The monoisotopic (exact) mass is 451 g/mol. The second-order valence-corrected chi connectivity index (χ2v) is 8.94. The van der Waals surface area contributed by atoms with E-state index in [1.165, 1.54) is 30.3 Å². The fourth-order valence-electron chi connectivity index (χ4n) is 3.10. The molecule has 31 heavy (non-hydrogen) atoms. The highest BCUT2D eigenvalue weighted by Crippen LogP contribution is 2.37. The van der Waals surface area contributed by atoms with Crippen molar-refractivity contribution < 1.29 is 32.3 Å². The Bertz CT molecular complexity index is 995. The molecule has 164 valence electrons. The van der Waals surface area contributed by atoms with E-state index in [1.54, 1.807) is 32.9 Å². The number of ether oxygens (including phenoxy) is 1. The number of rotatable bonds is 5. The summed E-state index contributed by atoms with van der Waals surface area (Å²) in [6.45, 7) is 4.86. The number of nitrogens with zero attached hydrogens (tertiary/aromatic N) is 1. The molecule has 2 aromatic carbocycles. The van der Waals surface area contributed by atoms with Crippen LogP contribution in [0.1, 0.15) is 47.1 Å². The summed E-state index contributed by atoms with van der Waals surface area (Å²) >= 11 is 0.739. The maximum absolute atomic E-state index is 13.3. The lowest BCUT2D eigenvalue weighted by Gasteiger charge is -2.28. The van der Waals surface area contributed by atoms with Crippen molar-refractivity contribution in [2.75, 3.05) is 5.75 Å². The van der Waals surface area contributed by atoms with Crippen LogP contribution in [0.4, 0.5) is 13.2 Å². The van der Waals surface area contributed by atoms with Crippen LogP contribution in [0, 0.1) is 0 Å². The summed E-state index contributed by atoms with van der Waals surface area (Å²) in [5, 5.41) is 0. The van der Waals surface area contributed by atoms with E-state index in [0.717, 1.165) is 22.7 Å². The van der Waals surface area contributed by atoms with Gasteiger partial charge in [-0.25, -0.2) is 4.79 Å². The Kier molecular flexibility index (Phi) is 6.18. The van der Waals surface area contributed by atoms with Crippen molar-refractivity contribution in [1.82, 2.24) is 4.90 Å². The molecule has 0 bridgehead atoms. The van der Waals surface area contributed by atoms with Crippen LogP contribution in [-0.2, 0) is 15.7 Å². The van der Waals surface area contributed by atoms with Gasteiger partial charge in [-0.3, -0.25) is 14.5 Å². The third-order valence-corrected chi connectivity index (χ3v) is 5.55. The molecule has 0 saturated heterocycles. The minimum Gasteiger partial charge on any atom is -0.458 e. The Morgan fingerprint density at radius 2 is 1.48 bits per heavy atom. The number of hydrogen-bond acceptors (Lipinski definition) is 5. The summed E-state index contributed by atoms with van der Waals surface area (Å²) in [7, 11) is 0. The van der Waals surface area contributed by atoms with Crippen molar-refractivity contribution in [3.8, 4) is 0 Å². The van der Waals surface area contributed by atoms with Gasteiger partial charge in [0.05, 0.1) is 16.7 Å². The first-order valence-corrected chi connectivity index (χ1v) is 10.4. The number of esters is 1. The summed E-state index contributed by atoms with van der Waals surface area (Å²) in [4.78, 5) is 39.3. The predicted molar refractivity (Wildman–Crippen MR) is 109 cm³/mol. The third-order valence-electron chi connectivity index (χ3n) is 4.41. The Labute approximate surface area is 181 Å². The van der Waals surface area contributed by atoms with Crippen molar-refractivity contribution >= 4 is 29.5 Å². The van der Waals surface area contributed by atoms with E-state index in [0.29, 0.717) is 0 Å². The lowest BCUT2D eigenvalue weighted by atomic mass is 10.1. The smallest absolute Gasteiger partial charge is 0.417 e. The highest BCUT2D eigenvalue weighted by atomic mass is 32.2. The Morgan fingerprint density at radius 3 is 2.00 bits per heavy atom. The molecule has 2 amide bonds. The van der Waals surface area contributed by atoms with Crippen LogP contribution in [0.25, 0.3) is 0 Å². The minimum atomic E-state index is -4.58. The molecule has 2 aromatic rings. The number of imide groups is 1. The molecule has 0 unspecified atom stereocenters. The Hall–Kier alpha value is -2.81. The number of amides is 2. The number of thioether (sulfide) groups is 1. The fraction of sp³-hybridized carbons (Fsp3) is 0.318. The molecule has 1 atom stereocenters. The highest BCUT2D eigenvalue weighted by Gasteiger charge is 2.44. The molecule has 0 N–H and O–H groups in total. The predicted octanol–water partition coefficient (Wildman–Crippen LogP) is 4.80. The molecule has 5 nitrogen and oxygen atoms in total. The van der Waals surface area contributed by atoms with E-state index in [2.05, 4.69) is 0 Å². The SMILES string of the molecule is CC(C)(C)OC(=O)[C@@H](CSc1ccccc1C(F)(F)F)N1C(=O)c2ccccc2C1=O. The number of carbonyl (C=O) groups excluding carboxylic acids is 3. The van der Waals surface area contributed by atoms with Gasteiger partial charge in [-0.05, 0) is 45.0 Å². The van der Waals surface area contributed by atoms with Gasteiger partial charge >= 0.3 is 12.1 Å². The molecule has 0 aromatic heterocycles. The van der Waals surface area contributed by atoms with E-state index >= 15 is 0 Å². The quantitative estimate of drug-likeness (QED) is 0.371. The molecule has 1 aliphatic rings.